The lowest BCUT2D eigenvalue weighted by Gasteiger charge is -2.36. The van der Waals surface area contributed by atoms with Crippen molar-refractivity contribution < 1.29 is 19.0 Å². The van der Waals surface area contributed by atoms with Gasteiger partial charge in [-0.1, -0.05) is 12.1 Å². The van der Waals surface area contributed by atoms with Crippen LogP contribution in [0.3, 0.4) is 0 Å². The third kappa shape index (κ3) is 5.96. The molecule has 4 rings (SSSR count). The first-order chi connectivity index (χ1) is 16.7. The highest BCUT2D eigenvalue weighted by Crippen LogP contribution is 2.32. The molecule has 0 radical (unpaired) electrons. The zero-order valence-electron chi connectivity index (χ0n) is 20.6. The number of piperazine rings is 1. The number of ether oxygens (including phenoxy) is 3. The third-order valence-electron chi connectivity index (χ3n) is 6.46. The summed E-state index contributed by atoms with van der Waals surface area (Å²) < 4.78 is 16.6. The van der Waals surface area contributed by atoms with E-state index in [1.54, 1.807) is 14.2 Å². The molecule has 2 aromatic carbocycles. The molecule has 1 atom stereocenters. The van der Waals surface area contributed by atoms with Crippen molar-refractivity contribution in [2.75, 3.05) is 58.5 Å². The van der Waals surface area contributed by atoms with Crippen LogP contribution in [0.2, 0.25) is 0 Å². The molecule has 34 heavy (non-hydrogen) atoms. The monoisotopic (exact) mass is 467 g/mol. The van der Waals surface area contributed by atoms with Crippen molar-refractivity contribution in [3.05, 3.63) is 54.1 Å². The molecule has 0 aliphatic carbocycles. The van der Waals surface area contributed by atoms with E-state index in [0.717, 1.165) is 68.3 Å². The van der Waals surface area contributed by atoms with Gasteiger partial charge in [-0.05, 0) is 69.1 Å². The molecule has 1 unspecified atom stereocenters. The Hall–Kier alpha value is -2.90. The highest BCUT2D eigenvalue weighted by molar-refractivity contribution is 5.67. The molecule has 2 aromatic rings. The maximum absolute atomic E-state index is 5.81. The first-order valence-corrected chi connectivity index (χ1v) is 12.3. The number of rotatable bonds is 11. The van der Waals surface area contributed by atoms with Gasteiger partial charge in [0.25, 0.3) is 0 Å². The Balaban J connectivity index is 1.19. The van der Waals surface area contributed by atoms with Gasteiger partial charge >= 0.3 is 0 Å². The fraction of sp³-hybridized carbons (Fsp3) is 0.481. The fourth-order valence-corrected chi connectivity index (χ4v) is 4.58. The number of anilines is 1. The van der Waals surface area contributed by atoms with Crippen LogP contribution in [0.15, 0.2) is 48.5 Å². The molecule has 7 heteroatoms. The van der Waals surface area contributed by atoms with Gasteiger partial charge in [0.05, 0.1) is 32.2 Å². The minimum absolute atomic E-state index is 0.0926. The zero-order chi connectivity index (χ0) is 23.8. The van der Waals surface area contributed by atoms with Crippen LogP contribution in [0, 0.1) is 0 Å². The second-order valence-corrected chi connectivity index (χ2v) is 8.63. The molecule has 7 nitrogen and oxygen atoms in total. The quantitative estimate of drug-likeness (QED) is 0.494. The van der Waals surface area contributed by atoms with Crippen molar-refractivity contribution in [2.24, 2.45) is 0 Å². The molecule has 0 spiro atoms. The van der Waals surface area contributed by atoms with E-state index in [4.69, 9.17) is 19.0 Å². The Kier molecular flexibility index (Phi) is 8.55. The van der Waals surface area contributed by atoms with Gasteiger partial charge in [-0.3, -0.25) is 15.2 Å². The van der Waals surface area contributed by atoms with Gasteiger partial charge in [0, 0.05) is 31.7 Å². The number of methoxy groups -OCH3 is 2. The Morgan fingerprint density at radius 3 is 2.50 bits per heavy atom. The smallest absolute Gasteiger partial charge is 0.161 e. The second-order valence-electron chi connectivity index (χ2n) is 8.63. The molecule has 184 valence electrons. The van der Waals surface area contributed by atoms with Crippen molar-refractivity contribution in [3.63, 3.8) is 0 Å². The molecular weight excluding hydrogens is 430 g/mol. The van der Waals surface area contributed by atoms with Crippen LogP contribution in [0.1, 0.15) is 31.7 Å². The fourth-order valence-electron chi connectivity index (χ4n) is 4.58. The molecule has 1 saturated heterocycles. The van der Waals surface area contributed by atoms with Gasteiger partial charge < -0.3 is 19.1 Å². The van der Waals surface area contributed by atoms with Crippen LogP contribution in [-0.4, -0.2) is 64.6 Å². The van der Waals surface area contributed by atoms with E-state index in [1.165, 1.54) is 12.1 Å². The highest BCUT2D eigenvalue weighted by atomic mass is 16.7. The SMILES string of the molecule is CCOc1ccccc1N1CCN(CCCCC2C=C(c3ccc(OC)c(OC)c3)NO2)CC1. The maximum atomic E-state index is 5.81. The molecular formula is C27H37N3O4. The first-order valence-electron chi connectivity index (χ1n) is 12.3. The van der Waals surface area contributed by atoms with E-state index < -0.39 is 0 Å². The average molecular weight is 468 g/mol. The second kappa shape index (κ2) is 12.0. The molecule has 0 bridgehead atoms. The summed E-state index contributed by atoms with van der Waals surface area (Å²) in [4.78, 5) is 10.8. The van der Waals surface area contributed by atoms with Crippen molar-refractivity contribution in [1.82, 2.24) is 10.4 Å². The molecule has 2 aliphatic rings. The van der Waals surface area contributed by atoms with Crippen LogP contribution in [0.25, 0.3) is 5.70 Å². The first kappa shape index (κ1) is 24.2. The van der Waals surface area contributed by atoms with Crippen LogP contribution in [-0.2, 0) is 4.84 Å². The van der Waals surface area contributed by atoms with E-state index in [-0.39, 0.29) is 6.10 Å². The van der Waals surface area contributed by atoms with Gasteiger partial charge in [0.2, 0.25) is 0 Å². The standard InChI is InChI=1S/C27H37N3O4/c1-4-33-25-11-6-5-10-24(25)30-17-15-29(16-18-30)14-8-7-9-22-20-23(28-34-22)21-12-13-26(31-2)27(19-21)32-3/h5-6,10-13,19-20,22,28H,4,7-9,14-18H2,1-3H3. The molecule has 1 N–H and O–H groups in total. The Morgan fingerprint density at radius 2 is 1.74 bits per heavy atom. The van der Waals surface area contributed by atoms with Gasteiger partial charge in [0.1, 0.15) is 11.9 Å². The number of nitrogens with zero attached hydrogens (tertiary/aromatic N) is 2. The Bertz CT molecular complexity index is 957. The lowest BCUT2D eigenvalue weighted by Crippen LogP contribution is -2.46. The molecule has 0 amide bonds. The van der Waals surface area contributed by atoms with E-state index in [2.05, 4.69) is 39.6 Å². The van der Waals surface area contributed by atoms with Crippen molar-refractivity contribution in [1.29, 1.82) is 0 Å². The number of nitrogens with one attached hydrogen (secondary N) is 1. The van der Waals surface area contributed by atoms with Crippen LogP contribution >= 0.6 is 0 Å². The van der Waals surface area contributed by atoms with E-state index in [0.29, 0.717) is 12.4 Å². The molecule has 1 fully saturated rings. The number of unbranched alkanes of at least 4 members (excludes halogenated alkanes) is 1. The predicted octanol–water partition coefficient (Wildman–Crippen LogP) is 4.34. The molecule has 0 saturated carbocycles. The largest absolute Gasteiger partial charge is 0.493 e. The maximum Gasteiger partial charge on any atom is 0.161 e. The summed E-state index contributed by atoms with van der Waals surface area (Å²) in [5, 5.41) is 0. The minimum Gasteiger partial charge on any atom is -0.493 e. The summed E-state index contributed by atoms with van der Waals surface area (Å²) in [6.07, 6.45) is 5.57. The number of para-hydroxylation sites is 2. The van der Waals surface area contributed by atoms with E-state index in [1.807, 2.05) is 31.2 Å². The number of hydrogen-bond acceptors (Lipinski definition) is 7. The van der Waals surface area contributed by atoms with Crippen LogP contribution in [0.4, 0.5) is 5.69 Å². The van der Waals surface area contributed by atoms with Crippen LogP contribution < -0.4 is 24.6 Å². The zero-order valence-corrected chi connectivity index (χ0v) is 20.6. The summed E-state index contributed by atoms with van der Waals surface area (Å²) in [5.74, 6) is 2.43. The number of hydroxylamine groups is 1. The van der Waals surface area contributed by atoms with E-state index in [9.17, 15) is 0 Å². The average Bonchev–Trinajstić information content (AvgIpc) is 3.36. The van der Waals surface area contributed by atoms with Gasteiger partial charge in [0.15, 0.2) is 11.5 Å². The van der Waals surface area contributed by atoms with Crippen molar-refractivity contribution in [2.45, 2.75) is 32.3 Å². The molecule has 2 aliphatic heterocycles. The summed E-state index contributed by atoms with van der Waals surface area (Å²) in [5.41, 5.74) is 6.30. The van der Waals surface area contributed by atoms with Gasteiger partial charge in [-0.15, -0.1) is 0 Å². The lowest BCUT2D eigenvalue weighted by molar-refractivity contribution is 0.0449. The van der Waals surface area contributed by atoms with Crippen molar-refractivity contribution >= 4 is 11.4 Å². The number of benzene rings is 2. The van der Waals surface area contributed by atoms with Crippen LogP contribution in [0.5, 0.6) is 17.2 Å². The van der Waals surface area contributed by atoms with Gasteiger partial charge in [-0.25, -0.2) is 0 Å². The Labute approximate surface area is 203 Å². The summed E-state index contributed by atoms with van der Waals surface area (Å²) in [6.45, 7) is 8.12. The molecule has 2 heterocycles. The normalized spacial score (nSPS) is 18.4. The van der Waals surface area contributed by atoms with Crippen molar-refractivity contribution in [3.8, 4) is 17.2 Å². The summed E-state index contributed by atoms with van der Waals surface area (Å²) >= 11 is 0. The third-order valence-corrected chi connectivity index (χ3v) is 6.46. The van der Waals surface area contributed by atoms with E-state index >= 15 is 0 Å². The lowest BCUT2D eigenvalue weighted by atomic mass is 10.1. The summed E-state index contributed by atoms with van der Waals surface area (Å²) in [6, 6.07) is 14.3. The Morgan fingerprint density at radius 1 is 0.941 bits per heavy atom. The summed E-state index contributed by atoms with van der Waals surface area (Å²) in [7, 11) is 3.29. The van der Waals surface area contributed by atoms with Gasteiger partial charge in [-0.2, -0.15) is 0 Å². The predicted molar refractivity (Wildman–Crippen MR) is 136 cm³/mol. The number of hydrogen-bond donors (Lipinski definition) is 1. The minimum atomic E-state index is 0.0926. The molecule has 0 aromatic heterocycles. The topological polar surface area (TPSA) is 55.4 Å². The highest BCUT2D eigenvalue weighted by Gasteiger charge is 2.21.